The highest BCUT2D eigenvalue weighted by atomic mass is 32.1. The van der Waals surface area contributed by atoms with Gasteiger partial charge in [0.05, 0.1) is 16.5 Å². The minimum absolute atomic E-state index is 0.222. The Kier molecular flexibility index (Phi) is 5.23. The summed E-state index contributed by atoms with van der Waals surface area (Å²) < 4.78 is 6.20. The summed E-state index contributed by atoms with van der Waals surface area (Å²) in [5, 5.41) is 6.55. The minimum Gasteiger partial charge on any atom is -0.459 e. The zero-order valence-corrected chi connectivity index (χ0v) is 17.6. The van der Waals surface area contributed by atoms with Crippen molar-refractivity contribution in [1.82, 2.24) is 4.98 Å². The molecule has 0 aliphatic carbocycles. The summed E-state index contributed by atoms with van der Waals surface area (Å²) in [5.74, 6) is -0.367. The van der Waals surface area contributed by atoms with Gasteiger partial charge in [-0.05, 0) is 60.7 Å². The summed E-state index contributed by atoms with van der Waals surface area (Å²) in [5.41, 5.74) is 3.63. The lowest BCUT2D eigenvalue weighted by Gasteiger charge is -2.08. The lowest BCUT2D eigenvalue weighted by atomic mass is 10.1. The van der Waals surface area contributed by atoms with E-state index < -0.39 is 0 Å². The highest BCUT2D eigenvalue weighted by Gasteiger charge is 2.11. The average molecular weight is 439 g/mol. The number of rotatable bonds is 5. The molecular formula is C25H17N3O3S. The topological polar surface area (TPSA) is 84.2 Å². The first-order valence-electron chi connectivity index (χ1n) is 9.88. The van der Waals surface area contributed by atoms with Crippen LogP contribution in [0.3, 0.4) is 0 Å². The second-order valence-corrected chi connectivity index (χ2v) is 8.06. The zero-order valence-electron chi connectivity index (χ0n) is 16.7. The van der Waals surface area contributed by atoms with Gasteiger partial charge in [-0.3, -0.25) is 9.59 Å². The smallest absolute Gasteiger partial charge is 0.291 e. The number of anilines is 2. The van der Waals surface area contributed by atoms with E-state index in [1.54, 1.807) is 47.7 Å². The number of nitrogens with one attached hydrogen (secondary N) is 2. The number of hydrogen-bond acceptors (Lipinski definition) is 5. The first-order valence-corrected chi connectivity index (χ1v) is 10.7. The molecule has 7 heteroatoms. The third-order valence-corrected chi connectivity index (χ3v) is 5.90. The van der Waals surface area contributed by atoms with Gasteiger partial charge in [0.15, 0.2) is 5.76 Å². The molecule has 2 heterocycles. The number of para-hydroxylation sites is 1. The van der Waals surface area contributed by atoms with Crippen molar-refractivity contribution in [2.24, 2.45) is 0 Å². The van der Waals surface area contributed by atoms with Crippen LogP contribution in [0, 0.1) is 0 Å². The van der Waals surface area contributed by atoms with Gasteiger partial charge in [-0.2, -0.15) is 0 Å². The standard InChI is InChI=1S/C25H17N3O3S/c29-23(16-10-12-18(13-11-16)26-24(30)21-8-4-14-31-21)27-19-6-3-5-17(15-19)25-28-20-7-1-2-9-22(20)32-25/h1-15H,(H,26,30)(H,27,29). The van der Waals surface area contributed by atoms with Gasteiger partial charge in [0.2, 0.25) is 0 Å². The SMILES string of the molecule is O=C(Nc1cccc(-c2nc3ccccc3s2)c1)c1ccc(NC(=O)c2ccco2)cc1. The average Bonchev–Trinajstić information content (AvgIpc) is 3.50. The Hall–Kier alpha value is -4.23. The maximum absolute atomic E-state index is 12.7. The van der Waals surface area contributed by atoms with Crippen LogP contribution >= 0.6 is 11.3 Å². The van der Waals surface area contributed by atoms with E-state index in [0.29, 0.717) is 16.9 Å². The number of aromatic nitrogens is 1. The Morgan fingerprint density at radius 1 is 0.781 bits per heavy atom. The van der Waals surface area contributed by atoms with E-state index in [-0.39, 0.29) is 17.6 Å². The predicted octanol–water partition coefficient (Wildman–Crippen LogP) is 6.06. The van der Waals surface area contributed by atoms with Crippen LogP contribution in [0.15, 0.2) is 95.6 Å². The molecule has 5 rings (SSSR count). The highest BCUT2D eigenvalue weighted by Crippen LogP contribution is 2.31. The lowest BCUT2D eigenvalue weighted by molar-refractivity contribution is 0.0995. The minimum atomic E-state index is -0.348. The molecule has 0 atom stereocenters. The summed E-state index contributed by atoms with van der Waals surface area (Å²) in [6.07, 6.45) is 1.44. The maximum Gasteiger partial charge on any atom is 0.291 e. The third-order valence-electron chi connectivity index (χ3n) is 4.81. The molecule has 0 aliphatic rings. The summed E-state index contributed by atoms with van der Waals surface area (Å²) in [6, 6.07) is 25.5. The van der Waals surface area contributed by atoms with E-state index in [9.17, 15) is 9.59 Å². The molecule has 0 bridgehead atoms. The largest absolute Gasteiger partial charge is 0.459 e. The number of benzene rings is 3. The first kappa shape index (κ1) is 19.7. The molecule has 2 amide bonds. The van der Waals surface area contributed by atoms with Crippen LogP contribution < -0.4 is 10.6 Å². The Bertz CT molecular complexity index is 1370. The van der Waals surface area contributed by atoms with Crippen molar-refractivity contribution in [1.29, 1.82) is 0 Å². The Labute approximate surface area is 187 Å². The van der Waals surface area contributed by atoms with Gasteiger partial charge in [0.1, 0.15) is 5.01 Å². The Morgan fingerprint density at radius 2 is 1.59 bits per heavy atom. The fourth-order valence-corrected chi connectivity index (χ4v) is 4.20. The van der Waals surface area contributed by atoms with Gasteiger partial charge < -0.3 is 15.1 Å². The first-order chi connectivity index (χ1) is 15.7. The molecule has 0 saturated carbocycles. The van der Waals surface area contributed by atoms with Crippen molar-refractivity contribution in [3.8, 4) is 10.6 Å². The highest BCUT2D eigenvalue weighted by molar-refractivity contribution is 7.21. The van der Waals surface area contributed by atoms with E-state index in [2.05, 4.69) is 15.6 Å². The van der Waals surface area contributed by atoms with E-state index >= 15 is 0 Å². The molecule has 5 aromatic rings. The monoisotopic (exact) mass is 439 g/mol. The van der Waals surface area contributed by atoms with E-state index in [0.717, 1.165) is 20.8 Å². The van der Waals surface area contributed by atoms with Crippen LogP contribution in [-0.4, -0.2) is 16.8 Å². The second kappa shape index (κ2) is 8.49. The Balaban J connectivity index is 1.28. The third kappa shape index (κ3) is 4.14. The number of fused-ring (bicyclic) bond motifs is 1. The van der Waals surface area contributed by atoms with E-state index in [4.69, 9.17) is 4.42 Å². The summed E-state index contributed by atoms with van der Waals surface area (Å²) >= 11 is 1.61. The van der Waals surface area contributed by atoms with Crippen LogP contribution in [0.2, 0.25) is 0 Å². The number of amides is 2. The zero-order chi connectivity index (χ0) is 21.9. The van der Waals surface area contributed by atoms with Gasteiger partial charge >= 0.3 is 0 Å². The quantitative estimate of drug-likeness (QED) is 0.349. The van der Waals surface area contributed by atoms with Crippen LogP contribution in [0.25, 0.3) is 20.8 Å². The molecule has 0 unspecified atom stereocenters. The number of carbonyl (C=O) groups excluding carboxylic acids is 2. The molecule has 0 saturated heterocycles. The number of hydrogen-bond donors (Lipinski definition) is 2. The molecule has 0 aliphatic heterocycles. The van der Waals surface area contributed by atoms with Crippen molar-refractivity contribution in [2.75, 3.05) is 10.6 Å². The lowest BCUT2D eigenvalue weighted by Crippen LogP contribution is -2.13. The van der Waals surface area contributed by atoms with Crippen molar-refractivity contribution < 1.29 is 14.0 Å². The molecule has 32 heavy (non-hydrogen) atoms. The van der Waals surface area contributed by atoms with Crippen LogP contribution in [0.5, 0.6) is 0 Å². The Morgan fingerprint density at radius 3 is 2.38 bits per heavy atom. The molecule has 156 valence electrons. The fourth-order valence-electron chi connectivity index (χ4n) is 3.23. The van der Waals surface area contributed by atoms with Gasteiger partial charge in [0, 0.05) is 22.5 Å². The molecular weight excluding hydrogens is 422 g/mol. The van der Waals surface area contributed by atoms with Crippen LogP contribution in [0.4, 0.5) is 11.4 Å². The molecule has 0 fully saturated rings. The van der Waals surface area contributed by atoms with E-state index in [1.807, 2.05) is 48.5 Å². The van der Waals surface area contributed by atoms with Gasteiger partial charge in [-0.1, -0.05) is 24.3 Å². The molecule has 6 nitrogen and oxygen atoms in total. The number of thiazole rings is 1. The fraction of sp³-hybridized carbons (Fsp3) is 0. The van der Waals surface area contributed by atoms with Gasteiger partial charge in [0.25, 0.3) is 11.8 Å². The number of furan rings is 1. The predicted molar refractivity (Wildman–Crippen MR) is 126 cm³/mol. The van der Waals surface area contributed by atoms with Gasteiger partial charge in [-0.15, -0.1) is 11.3 Å². The van der Waals surface area contributed by atoms with Crippen molar-refractivity contribution in [3.05, 3.63) is 103 Å². The summed E-state index contributed by atoms with van der Waals surface area (Å²) in [6.45, 7) is 0. The van der Waals surface area contributed by atoms with Crippen molar-refractivity contribution >= 4 is 44.7 Å². The molecule has 3 aromatic carbocycles. The molecule has 0 spiro atoms. The van der Waals surface area contributed by atoms with Gasteiger partial charge in [-0.25, -0.2) is 4.98 Å². The summed E-state index contributed by atoms with van der Waals surface area (Å²) in [7, 11) is 0. The molecule has 0 radical (unpaired) electrons. The summed E-state index contributed by atoms with van der Waals surface area (Å²) in [4.78, 5) is 29.4. The van der Waals surface area contributed by atoms with Crippen LogP contribution in [0.1, 0.15) is 20.9 Å². The number of nitrogens with zero attached hydrogens (tertiary/aromatic N) is 1. The van der Waals surface area contributed by atoms with E-state index in [1.165, 1.54) is 6.26 Å². The molecule has 2 aromatic heterocycles. The number of carbonyl (C=O) groups is 2. The van der Waals surface area contributed by atoms with Crippen molar-refractivity contribution in [2.45, 2.75) is 0 Å². The van der Waals surface area contributed by atoms with Crippen LogP contribution in [-0.2, 0) is 0 Å². The normalized spacial score (nSPS) is 10.8. The van der Waals surface area contributed by atoms with Crippen molar-refractivity contribution in [3.63, 3.8) is 0 Å². The maximum atomic E-state index is 12.7. The molecule has 2 N–H and O–H groups in total. The second-order valence-electron chi connectivity index (χ2n) is 7.03.